The third-order valence-corrected chi connectivity index (χ3v) is 3.37. The van der Waals surface area contributed by atoms with Crippen molar-refractivity contribution < 1.29 is 19.1 Å². The van der Waals surface area contributed by atoms with E-state index in [-0.39, 0.29) is 11.6 Å². The molecule has 0 bridgehead atoms. The summed E-state index contributed by atoms with van der Waals surface area (Å²) in [5, 5.41) is 20.2. The second-order valence-corrected chi connectivity index (χ2v) is 4.93. The molecule has 2 heterocycles. The third-order valence-electron chi connectivity index (χ3n) is 2.30. The summed E-state index contributed by atoms with van der Waals surface area (Å²) < 4.78 is 5.13. The van der Waals surface area contributed by atoms with Gasteiger partial charge in [0, 0.05) is 12.4 Å². The number of carboxylic acids is 1. The van der Waals surface area contributed by atoms with E-state index >= 15 is 0 Å². The molecule has 0 radical (unpaired) electrons. The Bertz CT molecular complexity index is 550. The summed E-state index contributed by atoms with van der Waals surface area (Å²) in [7, 11) is 0. The number of carboxylic acid groups (broad SMARTS) is 1. The zero-order chi connectivity index (χ0) is 13.8. The van der Waals surface area contributed by atoms with E-state index in [0.29, 0.717) is 11.5 Å². The summed E-state index contributed by atoms with van der Waals surface area (Å²) in [4.78, 5) is 21.9. The van der Waals surface area contributed by atoms with Crippen molar-refractivity contribution in [3.8, 4) is 0 Å². The van der Waals surface area contributed by atoms with Crippen LogP contribution >= 0.6 is 11.8 Å². The monoisotopic (exact) mass is 280 g/mol. The fraction of sp³-hybridized carbons (Fsp3) is 0.273. The van der Waals surface area contributed by atoms with Crippen LogP contribution in [0.2, 0.25) is 0 Å². The Hall–Kier alpha value is -2.09. The Morgan fingerprint density at radius 1 is 1.63 bits per heavy atom. The van der Waals surface area contributed by atoms with Crippen molar-refractivity contribution >= 4 is 34.5 Å². The summed E-state index contributed by atoms with van der Waals surface area (Å²) in [5.41, 5.74) is 0.552. The average Bonchev–Trinajstić information content (AvgIpc) is 2.96. The molecule has 1 aromatic heterocycles. The lowest BCUT2D eigenvalue weighted by atomic mass is 10.3. The minimum Gasteiger partial charge on any atom is -0.550 e. The smallest absolute Gasteiger partial charge is 0.239 e. The van der Waals surface area contributed by atoms with Crippen LogP contribution < -0.4 is 10.4 Å². The first-order valence-electron chi connectivity index (χ1n) is 5.40. The molecular weight excluding hydrogens is 270 g/mol. The van der Waals surface area contributed by atoms with Crippen LogP contribution in [0.1, 0.15) is 19.1 Å². The van der Waals surface area contributed by atoms with Gasteiger partial charge in [-0.2, -0.15) is 0 Å². The molecule has 2 rings (SSSR count). The maximum absolute atomic E-state index is 11.4. The van der Waals surface area contributed by atoms with E-state index in [4.69, 9.17) is 4.42 Å². The number of amides is 1. The molecule has 0 unspecified atom stereocenters. The Kier molecular flexibility index (Phi) is 4.00. The molecule has 8 heteroatoms. The molecule has 1 aromatic rings. The number of nitrogens with one attached hydrogen (secondary N) is 1. The highest BCUT2D eigenvalue weighted by Gasteiger charge is 2.30. The van der Waals surface area contributed by atoms with Gasteiger partial charge in [-0.1, -0.05) is 11.8 Å². The molecule has 19 heavy (non-hydrogen) atoms. The zero-order valence-electron chi connectivity index (χ0n) is 9.95. The zero-order valence-corrected chi connectivity index (χ0v) is 10.8. The Balaban J connectivity index is 2.04. The lowest BCUT2D eigenvalue weighted by Gasteiger charge is -2.04. The van der Waals surface area contributed by atoms with Gasteiger partial charge in [-0.05, 0) is 19.1 Å². The molecule has 7 nitrogen and oxygen atoms in total. The molecule has 1 saturated heterocycles. The van der Waals surface area contributed by atoms with Gasteiger partial charge in [-0.25, -0.2) is 0 Å². The molecule has 0 saturated carbocycles. The normalized spacial score (nSPS) is 21.7. The number of hydrogen-bond acceptors (Lipinski definition) is 7. The van der Waals surface area contributed by atoms with Crippen LogP contribution in [0.3, 0.4) is 0 Å². The van der Waals surface area contributed by atoms with Crippen molar-refractivity contribution in [3.05, 3.63) is 24.2 Å². The number of rotatable bonds is 4. The topological polar surface area (TPSA) is 107 Å². The van der Waals surface area contributed by atoms with Gasteiger partial charge in [0.25, 0.3) is 0 Å². The van der Waals surface area contributed by atoms with Gasteiger partial charge in [0.05, 0.1) is 11.5 Å². The van der Waals surface area contributed by atoms with Crippen molar-refractivity contribution in [2.24, 2.45) is 10.2 Å². The highest BCUT2D eigenvalue weighted by atomic mass is 32.2. The fourth-order valence-electron chi connectivity index (χ4n) is 1.39. The largest absolute Gasteiger partial charge is 0.550 e. The lowest BCUT2D eigenvalue weighted by molar-refractivity contribution is -0.305. The van der Waals surface area contributed by atoms with Crippen LogP contribution in [0.4, 0.5) is 0 Å². The predicted octanol–water partition coefficient (Wildman–Crippen LogP) is -0.269. The van der Waals surface area contributed by atoms with Gasteiger partial charge < -0.3 is 19.6 Å². The standard InChI is InChI=1S/C11H11N3O4S/c1-6(7-3-2-4-18-7)13-14-11-12-10(17)8(19-11)5-9(15)16/h2-4,8H,5H2,1H3,(H,15,16)(H,12,14,17)/p-1/b13-6-/t8-/m0/s1. The first-order valence-corrected chi connectivity index (χ1v) is 6.27. The highest BCUT2D eigenvalue weighted by molar-refractivity contribution is 8.15. The number of amidine groups is 1. The summed E-state index contributed by atoms with van der Waals surface area (Å²) in [6.07, 6.45) is 1.17. The van der Waals surface area contributed by atoms with Crippen LogP contribution in [0.15, 0.2) is 33.0 Å². The molecule has 1 amide bonds. The van der Waals surface area contributed by atoms with Gasteiger partial charge in [0.2, 0.25) is 5.91 Å². The number of nitrogens with zero attached hydrogens (tertiary/aromatic N) is 2. The molecule has 1 fully saturated rings. The Labute approximate surface area is 112 Å². The molecule has 1 atom stereocenters. The van der Waals surface area contributed by atoms with Crippen LogP contribution in [0.25, 0.3) is 0 Å². The maximum Gasteiger partial charge on any atom is 0.239 e. The van der Waals surface area contributed by atoms with Gasteiger partial charge >= 0.3 is 0 Å². The Morgan fingerprint density at radius 3 is 3.05 bits per heavy atom. The summed E-state index contributed by atoms with van der Waals surface area (Å²) >= 11 is 1.02. The number of carbonyl (C=O) groups is 2. The average molecular weight is 280 g/mol. The van der Waals surface area contributed by atoms with E-state index < -0.39 is 17.1 Å². The molecule has 0 spiro atoms. The van der Waals surface area contributed by atoms with E-state index in [9.17, 15) is 14.7 Å². The van der Waals surface area contributed by atoms with Crippen LogP contribution in [0, 0.1) is 0 Å². The maximum atomic E-state index is 11.4. The number of furan rings is 1. The van der Waals surface area contributed by atoms with Crippen molar-refractivity contribution in [1.29, 1.82) is 0 Å². The van der Waals surface area contributed by atoms with Crippen LogP contribution in [0.5, 0.6) is 0 Å². The van der Waals surface area contributed by atoms with E-state index in [1.54, 1.807) is 19.1 Å². The SMILES string of the molecule is C/C(=N/N=C1/NC(=O)[C@H](CC(=O)[O-])S1)c1ccco1. The number of thioether (sulfide) groups is 1. The minimum atomic E-state index is -1.27. The van der Waals surface area contributed by atoms with E-state index in [2.05, 4.69) is 15.5 Å². The second-order valence-electron chi connectivity index (χ2n) is 3.74. The van der Waals surface area contributed by atoms with Gasteiger partial charge in [-0.15, -0.1) is 10.2 Å². The van der Waals surface area contributed by atoms with Crippen molar-refractivity contribution in [2.45, 2.75) is 18.6 Å². The van der Waals surface area contributed by atoms with Crippen molar-refractivity contribution in [2.75, 3.05) is 0 Å². The van der Waals surface area contributed by atoms with Crippen molar-refractivity contribution in [1.82, 2.24) is 5.32 Å². The highest BCUT2D eigenvalue weighted by Crippen LogP contribution is 2.22. The van der Waals surface area contributed by atoms with Crippen molar-refractivity contribution in [3.63, 3.8) is 0 Å². The molecule has 1 aliphatic heterocycles. The van der Waals surface area contributed by atoms with Gasteiger partial charge in [-0.3, -0.25) is 4.79 Å². The molecule has 100 valence electrons. The minimum absolute atomic E-state index is 0.266. The number of hydrogen-bond donors (Lipinski definition) is 1. The van der Waals surface area contributed by atoms with Crippen LogP contribution in [-0.4, -0.2) is 28.0 Å². The van der Waals surface area contributed by atoms with E-state index in [1.165, 1.54) is 6.26 Å². The number of aliphatic carboxylic acids is 1. The van der Waals surface area contributed by atoms with E-state index in [1.807, 2.05) is 0 Å². The number of carbonyl (C=O) groups excluding carboxylic acids is 2. The molecule has 1 aliphatic rings. The predicted molar refractivity (Wildman–Crippen MR) is 67.5 cm³/mol. The summed E-state index contributed by atoms with van der Waals surface area (Å²) in [6, 6.07) is 3.46. The quantitative estimate of drug-likeness (QED) is 0.603. The van der Waals surface area contributed by atoms with Gasteiger partial charge in [0.15, 0.2) is 5.17 Å². The van der Waals surface area contributed by atoms with Crippen LogP contribution in [-0.2, 0) is 9.59 Å². The Morgan fingerprint density at radius 2 is 2.42 bits per heavy atom. The molecule has 0 aliphatic carbocycles. The molecular formula is C11H10N3O4S-. The molecule has 0 aromatic carbocycles. The fourth-order valence-corrected chi connectivity index (χ4v) is 2.29. The lowest BCUT2D eigenvalue weighted by Crippen LogP contribution is -2.31. The van der Waals surface area contributed by atoms with Gasteiger partial charge in [0.1, 0.15) is 11.5 Å². The second kappa shape index (κ2) is 5.70. The summed E-state index contributed by atoms with van der Waals surface area (Å²) in [5.74, 6) is -1.10. The molecule has 1 N–H and O–H groups in total. The van der Waals surface area contributed by atoms with E-state index in [0.717, 1.165) is 11.8 Å². The summed E-state index contributed by atoms with van der Waals surface area (Å²) in [6.45, 7) is 1.71. The first kappa shape index (κ1) is 13.3. The first-order chi connectivity index (χ1) is 9.06. The third kappa shape index (κ3) is 3.44.